The zero-order chi connectivity index (χ0) is 24.3. The molecule has 0 aromatic heterocycles. The second-order valence-electron chi connectivity index (χ2n) is 7.00. The number of nitrogens with zero attached hydrogens (tertiary/aromatic N) is 1. The quantitative estimate of drug-likeness (QED) is 0.134. The van der Waals surface area contributed by atoms with E-state index in [1.54, 1.807) is 54.6 Å². The lowest BCUT2D eigenvalue weighted by atomic mass is 10.1. The highest BCUT2D eigenvalue weighted by molar-refractivity contribution is 9.10. The highest BCUT2D eigenvalue weighted by Gasteiger charge is 2.12. The zero-order valence-corrected chi connectivity index (χ0v) is 20.1. The van der Waals surface area contributed by atoms with Gasteiger partial charge >= 0.3 is 5.97 Å². The van der Waals surface area contributed by atoms with Crippen molar-refractivity contribution < 1.29 is 23.8 Å². The normalized spacial score (nSPS) is 10.5. The summed E-state index contributed by atoms with van der Waals surface area (Å²) in [6.45, 7) is 3.46. The van der Waals surface area contributed by atoms with Gasteiger partial charge in [-0.05, 0) is 54.4 Å². The highest BCUT2D eigenvalue weighted by Crippen LogP contribution is 2.28. The van der Waals surface area contributed by atoms with Crippen molar-refractivity contribution in [2.75, 3.05) is 13.7 Å². The maximum atomic E-state index is 12.4. The molecule has 8 heteroatoms. The monoisotopic (exact) mass is 522 g/mol. The van der Waals surface area contributed by atoms with Gasteiger partial charge in [0.1, 0.15) is 5.75 Å². The third-order valence-electron chi connectivity index (χ3n) is 4.54. The summed E-state index contributed by atoms with van der Waals surface area (Å²) in [5, 5.41) is 3.96. The van der Waals surface area contributed by atoms with Crippen LogP contribution < -0.4 is 19.6 Å². The Labute approximate surface area is 206 Å². The predicted octanol–water partition coefficient (Wildman–Crippen LogP) is 4.93. The number of hydrazone groups is 1. The van der Waals surface area contributed by atoms with Crippen LogP contribution in [0, 0.1) is 0 Å². The molecule has 0 atom stereocenters. The molecule has 0 saturated carbocycles. The fraction of sp³-hybridized carbons (Fsp3) is 0.115. The van der Waals surface area contributed by atoms with Gasteiger partial charge in [-0.2, -0.15) is 5.10 Å². The van der Waals surface area contributed by atoms with Crippen molar-refractivity contribution >= 4 is 34.0 Å². The SMILES string of the molecule is C=CCc1ccc(OCC(=O)N/N=C\c2cc(Br)ccc2OC(=O)c2ccccc2)c(OC)c1. The number of nitrogens with one attached hydrogen (secondary N) is 1. The summed E-state index contributed by atoms with van der Waals surface area (Å²) < 4.78 is 17.1. The molecule has 0 bridgehead atoms. The predicted molar refractivity (Wildman–Crippen MR) is 134 cm³/mol. The Bertz CT molecular complexity index is 1200. The minimum atomic E-state index is -0.497. The lowest BCUT2D eigenvalue weighted by Gasteiger charge is -2.11. The van der Waals surface area contributed by atoms with E-state index in [2.05, 4.69) is 33.0 Å². The number of hydrogen-bond acceptors (Lipinski definition) is 6. The summed E-state index contributed by atoms with van der Waals surface area (Å²) in [5.41, 5.74) is 4.34. The lowest BCUT2D eigenvalue weighted by Crippen LogP contribution is -2.24. The van der Waals surface area contributed by atoms with E-state index in [0.717, 1.165) is 10.0 Å². The van der Waals surface area contributed by atoms with Gasteiger partial charge in [-0.3, -0.25) is 4.79 Å². The van der Waals surface area contributed by atoms with Crippen molar-refractivity contribution in [2.24, 2.45) is 5.10 Å². The molecule has 0 radical (unpaired) electrons. The number of rotatable bonds is 10. The Morgan fingerprint density at radius 1 is 1.03 bits per heavy atom. The molecule has 0 aliphatic rings. The van der Waals surface area contributed by atoms with Gasteiger partial charge in [0.2, 0.25) is 0 Å². The van der Waals surface area contributed by atoms with Crippen LogP contribution in [0.25, 0.3) is 0 Å². The van der Waals surface area contributed by atoms with Gasteiger partial charge in [0.15, 0.2) is 18.1 Å². The van der Waals surface area contributed by atoms with Gasteiger partial charge in [0.05, 0.1) is 18.9 Å². The van der Waals surface area contributed by atoms with Crippen LogP contribution in [0.1, 0.15) is 21.5 Å². The summed E-state index contributed by atoms with van der Waals surface area (Å²) in [6.07, 6.45) is 3.88. The summed E-state index contributed by atoms with van der Waals surface area (Å²) in [7, 11) is 1.53. The standard InChI is InChI=1S/C26H23BrN2O5/c1-3-7-18-10-12-23(24(14-18)32-2)33-17-25(30)29-28-16-20-15-21(27)11-13-22(20)34-26(31)19-8-5-4-6-9-19/h3-6,8-16H,1,7,17H2,2H3,(H,29,30)/b28-16-. The van der Waals surface area contributed by atoms with E-state index in [-0.39, 0.29) is 6.61 Å². The zero-order valence-electron chi connectivity index (χ0n) is 18.5. The molecule has 0 aliphatic heterocycles. The van der Waals surface area contributed by atoms with Gasteiger partial charge in [-0.15, -0.1) is 6.58 Å². The number of benzene rings is 3. The molecule has 0 saturated heterocycles. The Morgan fingerprint density at radius 2 is 1.79 bits per heavy atom. The van der Waals surface area contributed by atoms with Gasteiger partial charge < -0.3 is 14.2 Å². The van der Waals surface area contributed by atoms with E-state index in [4.69, 9.17) is 14.2 Å². The molecule has 3 rings (SSSR count). The number of hydrogen-bond donors (Lipinski definition) is 1. The number of amides is 1. The smallest absolute Gasteiger partial charge is 0.343 e. The molecular formula is C26H23BrN2O5. The van der Waals surface area contributed by atoms with Crippen LogP contribution in [-0.2, 0) is 11.2 Å². The van der Waals surface area contributed by atoms with Crippen LogP contribution in [0.3, 0.4) is 0 Å². The molecule has 0 spiro atoms. The molecule has 1 N–H and O–H groups in total. The van der Waals surface area contributed by atoms with E-state index >= 15 is 0 Å². The summed E-state index contributed by atoms with van der Waals surface area (Å²) >= 11 is 3.38. The molecule has 0 aliphatic carbocycles. The van der Waals surface area contributed by atoms with Crippen LogP contribution in [0.15, 0.2) is 89.0 Å². The van der Waals surface area contributed by atoms with Gasteiger partial charge in [-0.25, -0.2) is 10.2 Å². The summed E-state index contributed by atoms with van der Waals surface area (Å²) in [5.74, 6) is 0.302. The molecule has 0 heterocycles. The maximum Gasteiger partial charge on any atom is 0.343 e. The van der Waals surface area contributed by atoms with Crippen LogP contribution in [0.2, 0.25) is 0 Å². The van der Waals surface area contributed by atoms with Crippen molar-refractivity contribution in [3.05, 3.63) is 101 Å². The van der Waals surface area contributed by atoms with Gasteiger partial charge in [0.25, 0.3) is 5.91 Å². The van der Waals surface area contributed by atoms with Crippen molar-refractivity contribution in [3.63, 3.8) is 0 Å². The molecule has 34 heavy (non-hydrogen) atoms. The Kier molecular flexibility index (Phi) is 8.99. The fourth-order valence-corrected chi connectivity index (χ4v) is 3.30. The number of esters is 1. The molecular weight excluding hydrogens is 500 g/mol. The second kappa shape index (κ2) is 12.4. The van der Waals surface area contributed by atoms with E-state index in [1.807, 2.05) is 18.2 Å². The molecule has 1 amide bonds. The summed E-state index contributed by atoms with van der Waals surface area (Å²) in [6, 6.07) is 19.2. The van der Waals surface area contributed by atoms with E-state index in [9.17, 15) is 9.59 Å². The van der Waals surface area contributed by atoms with E-state index in [1.165, 1.54) is 13.3 Å². The number of halogens is 1. The third kappa shape index (κ3) is 7.05. The van der Waals surface area contributed by atoms with Gasteiger partial charge in [-0.1, -0.05) is 46.3 Å². The van der Waals surface area contributed by atoms with Crippen molar-refractivity contribution in [1.29, 1.82) is 0 Å². The Morgan fingerprint density at radius 3 is 2.53 bits per heavy atom. The maximum absolute atomic E-state index is 12.4. The fourth-order valence-electron chi connectivity index (χ4n) is 2.92. The molecule has 7 nitrogen and oxygen atoms in total. The average Bonchev–Trinajstić information content (AvgIpc) is 2.85. The summed E-state index contributed by atoms with van der Waals surface area (Å²) in [4.78, 5) is 24.6. The first-order valence-electron chi connectivity index (χ1n) is 10.3. The molecule has 3 aromatic carbocycles. The average molecular weight is 523 g/mol. The first-order valence-corrected chi connectivity index (χ1v) is 11.1. The van der Waals surface area contributed by atoms with Gasteiger partial charge in [0, 0.05) is 10.0 Å². The van der Waals surface area contributed by atoms with Crippen LogP contribution in [-0.4, -0.2) is 31.8 Å². The molecule has 174 valence electrons. The number of carbonyl (C=O) groups excluding carboxylic acids is 2. The third-order valence-corrected chi connectivity index (χ3v) is 5.04. The highest BCUT2D eigenvalue weighted by atomic mass is 79.9. The van der Waals surface area contributed by atoms with E-state index in [0.29, 0.717) is 34.8 Å². The Hall–Kier alpha value is -3.91. The second-order valence-corrected chi connectivity index (χ2v) is 7.91. The van der Waals surface area contributed by atoms with E-state index < -0.39 is 11.9 Å². The first-order chi connectivity index (χ1) is 16.5. The largest absolute Gasteiger partial charge is 0.493 e. The van der Waals surface area contributed by atoms with Crippen LogP contribution in [0.4, 0.5) is 0 Å². The number of ether oxygens (including phenoxy) is 3. The minimum Gasteiger partial charge on any atom is -0.493 e. The van der Waals surface area contributed by atoms with Crippen molar-refractivity contribution in [2.45, 2.75) is 6.42 Å². The van der Waals surface area contributed by atoms with Crippen molar-refractivity contribution in [3.8, 4) is 17.2 Å². The Balaban J connectivity index is 1.60. The van der Waals surface area contributed by atoms with Crippen LogP contribution >= 0.6 is 15.9 Å². The minimum absolute atomic E-state index is 0.261. The molecule has 0 fully saturated rings. The molecule has 3 aromatic rings. The number of methoxy groups -OCH3 is 1. The number of allylic oxidation sites excluding steroid dienone is 1. The lowest BCUT2D eigenvalue weighted by molar-refractivity contribution is -0.123. The first kappa shape index (κ1) is 24.7. The van der Waals surface area contributed by atoms with Crippen molar-refractivity contribution in [1.82, 2.24) is 5.43 Å². The topological polar surface area (TPSA) is 86.2 Å². The molecule has 0 unspecified atom stereocenters. The van der Waals surface area contributed by atoms with Crippen LogP contribution in [0.5, 0.6) is 17.2 Å². The number of carbonyl (C=O) groups is 2.